The van der Waals surface area contributed by atoms with Crippen molar-refractivity contribution in [3.63, 3.8) is 0 Å². The van der Waals surface area contributed by atoms with E-state index >= 15 is 0 Å². The van der Waals surface area contributed by atoms with Crippen molar-refractivity contribution in [1.29, 1.82) is 0 Å². The Labute approximate surface area is 130 Å². The first-order valence-electron chi connectivity index (χ1n) is 7.58. The third kappa shape index (κ3) is 2.61. The zero-order valence-corrected chi connectivity index (χ0v) is 13.9. The van der Waals surface area contributed by atoms with Crippen LogP contribution in [0.3, 0.4) is 0 Å². The second-order valence-corrected chi connectivity index (χ2v) is 7.13. The predicted molar refractivity (Wildman–Crippen MR) is 88.1 cm³/mol. The predicted octanol–water partition coefficient (Wildman–Crippen LogP) is 3.14. The average Bonchev–Trinajstić information content (AvgIpc) is 2.62. The molecule has 2 bridgehead atoms. The van der Waals surface area contributed by atoms with Gasteiger partial charge in [-0.05, 0) is 50.9 Å². The number of nitrogens with zero attached hydrogens (tertiary/aromatic N) is 2. The summed E-state index contributed by atoms with van der Waals surface area (Å²) in [6, 6.07) is 8.20. The highest BCUT2D eigenvalue weighted by atomic mass is 79.9. The first kappa shape index (κ1) is 14.4. The molecule has 2 heterocycles. The van der Waals surface area contributed by atoms with Crippen molar-refractivity contribution in [2.75, 3.05) is 25.0 Å². The zero-order valence-electron chi connectivity index (χ0n) is 12.3. The number of anilines is 1. The topological polar surface area (TPSA) is 32.5 Å². The normalized spacial score (nSPS) is 28.5. The van der Waals surface area contributed by atoms with Crippen molar-refractivity contribution in [3.8, 4) is 0 Å². The zero-order chi connectivity index (χ0) is 14.3. The number of hydrogen-bond acceptors (Lipinski definition) is 3. The molecular weight excluding hydrogens is 314 g/mol. The third-order valence-corrected chi connectivity index (χ3v) is 5.67. The van der Waals surface area contributed by atoms with E-state index in [1.165, 1.54) is 30.5 Å². The Morgan fingerprint density at radius 3 is 2.70 bits per heavy atom. The van der Waals surface area contributed by atoms with E-state index in [4.69, 9.17) is 5.73 Å². The lowest BCUT2D eigenvalue weighted by Gasteiger charge is -2.28. The lowest BCUT2D eigenvalue weighted by molar-refractivity contribution is 0.254. The van der Waals surface area contributed by atoms with Crippen molar-refractivity contribution >= 4 is 21.6 Å². The van der Waals surface area contributed by atoms with E-state index in [1.54, 1.807) is 0 Å². The molecule has 2 aliphatic heterocycles. The molecule has 3 nitrogen and oxygen atoms in total. The van der Waals surface area contributed by atoms with Crippen LogP contribution in [-0.2, 0) is 0 Å². The molecule has 2 unspecified atom stereocenters. The smallest absolute Gasteiger partial charge is 0.0378 e. The maximum Gasteiger partial charge on any atom is 0.0378 e. The van der Waals surface area contributed by atoms with Crippen LogP contribution in [0.1, 0.15) is 37.8 Å². The van der Waals surface area contributed by atoms with E-state index in [-0.39, 0.29) is 6.04 Å². The van der Waals surface area contributed by atoms with Crippen molar-refractivity contribution in [2.45, 2.75) is 44.3 Å². The summed E-state index contributed by atoms with van der Waals surface area (Å²) in [6.45, 7) is 4.34. The van der Waals surface area contributed by atoms with Gasteiger partial charge >= 0.3 is 0 Å². The van der Waals surface area contributed by atoms with Crippen molar-refractivity contribution in [2.24, 2.45) is 5.73 Å². The van der Waals surface area contributed by atoms with Gasteiger partial charge in [0.25, 0.3) is 0 Å². The van der Waals surface area contributed by atoms with Gasteiger partial charge in [-0.3, -0.25) is 4.90 Å². The van der Waals surface area contributed by atoms with Crippen LogP contribution < -0.4 is 10.6 Å². The number of hydrogen-bond donors (Lipinski definition) is 1. The highest BCUT2D eigenvalue weighted by Gasteiger charge is 2.34. The molecule has 2 saturated heterocycles. The summed E-state index contributed by atoms with van der Waals surface area (Å²) in [6.07, 6.45) is 4.00. The van der Waals surface area contributed by atoms with Gasteiger partial charge in [0.05, 0.1) is 0 Å². The van der Waals surface area contributed by atoms with E-state index in [0.717, 1.165) is 29.6 Å². The molecule has 0 spiro atoms. The van der Waals surface area contributed by atoms with Gasteiger partial charge in [-0.2, -0.15) is 0 Å². The lowest BCUT2D eigenvalue weighted by atomic mass is 10.1. The Morgan fingerprint density at radius 1 is 1.25 bits per heavy atom. The molecule has 3 atom stereocenters. The molecule has 3 rings (SSSR count). The van der Waals surface area contributed by atoms with Crippen LogP contribution in [0.4, 0.5) is 5.69 Å². The second kappa shape index (κ2) is 5.66. The van der Waals surface area contributed by atoms with Crippen LogP contribution in [0, 0.1) is 0 Å². The second-order valence-electron chi connectivity index (χ2n) is 6.28. The summed E-state index contributed by atoms with van der Waals surface area (Å²) >= 11 is 3.67. The molecule has 2 fully saturated rings. The molecule has 0 aliphatic carbocycles. The van der Waals surface area contributed by atoms with Crippen LogP contribution in [-0.4, -0.2) is 37.1 Å². The molecule has 4 heteroatoms. The molecule has 2 N–H and O–H groups in total. The molecule has 0 aromatic heterocycles. The maximum atomic E-state index is 5.99. The lowest BCUT2D eigenvalue weighted by Crippen LogP contribution is -2.36. The number of fused-ring (bicyclic) bond motifs is 2. The Kier molecular flexibility index (Phi) is 4.07. The summed E-state index contributed by atoms with van der Waals surface area (Å²) in [5.74, 6) is 0. The van der Waals surface area contributed by atoms with Gasteiger partial charge in [-0.1, -0.05) is 22.0 Å². The van der Waals surface area contributed by atoms with Gasteiger partial charge in [0.15, 0.2) is 0 Å². The van der Waals surface area contributed by atoms with Crippen LogP contribution in [0.5, 0.6) is 0 Å². The minimum Gasteiger partial charge on any atom is -0.370 e. The van der Waals surface area contributed by atoms with E-state index in [1.807, 2.05) is 6.92 Å². The van der Waals surface area contributed by atoms with E-state index in [2.05, 4.69) is 51.0 Å². The number of rotatable bonds is 2. The van der Waals surface area contributed by atoms with Crippen LogP contribution in [0.15, 0.2) is 22.7 Å². The minimum absolute atomic E-state index is 0.0738. The van der Waals surface area contributed by atoms with Crippen LogP contribution >= 0.6 is 15.9 Å². The molecule has 0 saturated carbocycles. The average molecular weight is 338 g/mol. The SMILES string of the molecule is C[C@@H](N)c1ccc(N2CCC3CCC(C2)N3C)cc1Br. The fraction of sp³-hybridized carbons (Fsp3) is 0.625. The Morgan fingerprint density at radius 2 is 2.00 bits per heavy atom. The van der Waals surface area contributed by atoms with Gasteiger partial charge in [0, 0.05) is 41.4 Å². The summed E-state index contributed by atoms with van der Waals surface area (Å²) in [5.41, 5.74) is 8.49. The fourth-order valence-electron chi connectivity index (χ4n) is 3.63. The molecule has 1 aromatic rings. The first-order valence-corrected chi connectivity index (χ1v) is 8.37. The van der Waals surface area contributed by atoms with Crippen LogP contribution in [0.2, 0.25) is 0 Å². The monoisotopic (exact) mass is 337 g/mol. The number of likely N-dealkylation sites (N-methyl/N-ethyl adjacent to an activating group) is 1. The number of nitrogens with two attached hydrogens (primary N) is 1. The Bertz CT molecular complexity index is 489. The van der Waals surface area contributed by atoms with Crippen molar-refractivity contribution in [3.05, 3.63) is 28.2 Å². The number of benzene rings is 1. The molecule has 0 amide bonds. The Balaban J connectivity index is 1.81. The molecule has 20 heavy (non-hydrogen) atoms. The summed E-state index contributed by atoms with van der Waals surface area (Å²) in [7, 11) is 2.29. The molecule has 1 aromatic carbocycles. The maximum absolute atomic E-state index is 5.99. The van der Waals surface area contributed by atoms with Crippen molar-refractivity contribution in [1.82, 2.24) is 4.90 Å². The van der Waals surface area contributed by atoms with E-state index in [0.29, 0.717) is 0 Å². The summed E-state index contributed by atoms with van der Waals surface area (Å²) in [5, 5.41) is 0. The largest absolute Gasteiger partial charge is 0.370 e. The minimum atomic E-state index is 0.0738. The van der Waals surface area contributed by atoms with Gasteiger partial charge < -0.3 is 10.6 Å². The molecule has 110 valence electrons. The molecular formula is C16H24BrN3. The fourth-order valence-corrected chi connectivity index (χ4v) is 4.35. The highest BCUT2D eigenvalue weighted by molar-refractivity contribution is 9.10. The Hall–Kier alpha value is -0.580. The first-order chi connectivity index (χ1) is 9.56. The van der Waals surface area contributed by atoms with Crippen LogP contribution in [0.25, 0.3) is 0 Å². The molecule has 0 radical (unpaired) electrons. The summed E-state index contributed by atoms with van der Waals surface area (Å²) in [4.78, 5) is 5.13. The van der Waals surface area contributed by atoms with E-state index in [9.17, 15) is 0 Å². The van der Waals surface area contributed by atoms with Gasteiger partial charge in [-0.15, -0.1) is 0 Å². The standard InChI is InChI=1S/C16H24BrN3/c1-11(18)15-6-5-13(9-16(15)17)20-8-7-12-3-4-14(10-20)19(12)2/h5-6,9,11-12,14H,3-4,7-8,10,18H2,1-2H3/t11-,12?,14?/m1/s1. The van der Waals surface area contributed by atoms with Gasteiger partial charge in [0.1, 0.15) is 0 Å². The quantitative estimate of drug-likeness (QED) is 0.899. The van der Waals surface area contributed by atoms with Gasteiger partial charge in [0.2, 0.25) is 0 Å². The van der Waals surface area contributed by atoms with E-state index < -0.39 is 0 Å². The number of halogens is 1. The third-order valence-electron chi connectivity index (χ3n) is 4.99. The summed E-state index contributed by atoms with van der Waals surface area (Å²) < 4.78 is 1.13. The molecule has 2 aliphatic rings. The van der Waals surface area contributed by atoms with Gasteiger partial charge in [-0.25, -0.2) is 0 Å². The highest BCUT2D eigenvalue weighted by Crippen LogP contribution is 2.33. The van der Waals surface area contributed by atoms with Crippen molar-refractivity contribution < 1.29 is 0 Å².